The summed E-state index contributed by atoms with van der Waals surface area (Å²) in [5.41, 5.74) is 0.125. The summed E-state index contributed by atoms with van der Waals surface area (Å²) in [6.45, 7) is 0. The maximum atomic E-state index is 11.8. The van der Waals surface area contributed by atoms with Gasteiger partial charge in [-0.25, -0.2) is 4.79 Å². The van der Waals surface area contributed by atoms with Crippen molar-refractivity contribution < 1.29 is 14.6 Å². The summed E-state index contributed by atoms with van der Waals surface area (Å²) < 4.78 is 5.80. The van der Waals surface area contributed by atoms with Crippen molar-refractivity contribution >= 4 is 5.97 Å². The Bertz CT molecular complexity index is 631. The molecule has 0 radical (unpaired) electrons. The minimum atomic E-state index is -0.697. The van der Waals surface area contributed by atoms with Crippen LogP contribution in [0.3, 0.4) is 0 Å². The number of benzene rings is 1. The van der Waals surface area contributed by atoms with Gasteiger partial charge in [0.05, 0.1) is 7.11 Å². The first-order valence-electron chi connectivity index (χ1n) is 5.23. The standard InChI is InChI=1S/C13H11NO4/c1-18-13(17)10-8-14(12(16)7-11(10)15)9-5-3-2-4-6-9/h2-8,15H,1H3. The summed E-state index contributed by atoms with van der Waals surface area (Å²) in [5.74, 6) is -1.09. The third kappa shape index (κ3) is 2.10. The molecule has 5 heteroatoms. The highest BCUT2D eigenvalue weighted by Crippen LogP contribution is 2.16. The molecule has 0 aliphatic carbocycles. The Hall–Kier alpha value is -2.56. The van der Waals surface area contributed by atoms with Gasteiger partial charge in [0.2, 0.25) is 0 Å². The molecule has 5 nitrogen and oxygen atoms in total. The fourth-order valence-corrected chi connectivity index (χ4v) is 1.58. The van der Waals surface area contributed by atoms with Gasteiger partial charge < -0.3 is 9.84 Å². The number of carbonyl (C=O) groups is 1. The Morgan fingerprint density at radius 2 is 1.94 bits per heavy atom. The minimum Gasteiger partial charge on any atom is -0.507 e. The van der Waals surface area contributed by atoms with E-state index in [9.17, 15) is 14.7 Å². The van der Waals surface area contributed by atoms with E-state index < -0.39 is 11.5 Å². The van der Waals surface area contributed by atoms with Gasteiger partial charge in [-0.2, -0.15) is 0 Å². The summed E-state index contributed by atoms with van der Waals surface area (Å²) in [5, 5.41) is 9.55. The number of carbonyl (C=O) groups excluding carboxylic acids is 1. The van der Waals surface area contributed by atoms with E-state index >= 15 is 0 Å². The van der Waals surface area contributed by atoms with Crippen LogP contribution in [-0.2, 0) is 4.74 Å². The van der Waals surface area contributed by atoms with Gasteiger partial charge in [0.15, 0.2) is 0 Å². The van der Waals surface area contributed by atoms with Gasteiger partial charge in [-0.1, -0.05) is 18.2 Å². The fourth-order valence-electron chi connectivity index (χ4n) is 1.58. The average Bonchev–Trinajstić information content (AvgIpc) is 2.39. The number of methoxy groups -OCH3 is 1. The molecular formula is C13H11NO4. The molecule has 0 aliphatic heterocycles. The number of aromatic hydroxyl groups is 1. The van der Waals surface area contributed by atoms with Crippen molar-refractivity contribution in [2.24, 2.45) is 0 Å². The topological polar surface area (TPSA) is 68.5 Å². The van der Waals surface area contributed by atoms with Crippen LogP contribution in [0.5, 0.6) is 5.75 Å². The molecule has 0 saturated heterocycles. The first-order valence-corrected chi connectivity index (χ1v) is 5.23. The van der Waals surface area contributed by atoms with Gasteiger partial charge in [-0.3, -0.25) is 9.36 Å². The van der Waals surface area contributed by atoms with Gasteiger partial charge >= 0.3 is 5.97 Å². The van der Waals surface area contributed by atoms with Crippen LogP contribution < -0.4 is 5.56 Å². The van der Waals surface area contributed by atoms with Crippen molar-refractivity contribution in [3.05, 3.63) is 58.5 Å². The monoisotopic (exact) mass is 245 g/mol. The second-order valence-electron chi connectivity index (χ2n) is 3.61. The molecule has 0 saturated carbocycles. The number of hydrogen-bond donors (Lipinski definition) is 1. The number of hydrogen-bond acceptors (Lipinski definition) is 4. The molecule has 92 valence electrons. The second kappa shape index (κ2) is 4.75. The molecule has 1 aromatic heterocycles. The Kier molecular flexibility index (Phi) is 3.14. The maximum absolute atomic E-state index is 11.8. The lowest BCUT2D eigenvalue weighted by Gasteiger charge is -2.08. The van der Waals surface area contributed by atoms with Crippen LogP contribution in [-0.4, -0.2) is 22.8 Å². The van der Waals surface area contributed by atoms with Gasteiger partial charge in [0, 0.05) is 18.0 Å². The van der Waals surface area contributed by atoms with Crippen molar-refractivity contribution in [2.75, 3.05) is 7.11 Å². The smallest absolute Gasteiger partial charge is 0.343 e. The third-order valence-corrected chi connectivity index (χ3v) is 2.47. The lowest BCUT2D eigenvalue weighted by atomic mass is 10.2. The van der Waals surface area contributed by atoms with Crippen LogP contribution in [0.15, 0.2) is 47.4 Å². The van der Waals surface area contributed by atoms with Gasteiger partial charge in [0.1, 0.15) is 11.3 Å². The highest BCUT2D eigenvalue weighted by molar-refractivity contribution is 5.91. The number of rotatable bonds is 2. The summed E-state index contributed by atoms with van der Waals surface area (Å²) in [7, 11) is 1.21. The number of aromatic nitrogens is 1. The minimum absolute atomic E-state index is 0.0547. The highest BCUT2D eigenvalue weighted by atomic mass is 16.5. The SMILES string of the molecule is COC(=O)c1cn(-c2ccccc2)c(=O)cc1O. The van der Waals surface area contributed by atoms with Gasteiger partial charge in [-0.05, 0) is 12.1 Å². The van der Waals surface area contributed by atoms with Crippen LogP contribution in [0.25, 0.3) is 5.69 Å². The zero-order valence-corrected chi connectivity index (χ0v) is 9.66. The molecule has 0 bridgehead atoms. The van der Waals surface area contributed by atoms with Crippen molar-refractivity contribution in [2.45, 2.75) is 0 Å². The van der Waals surface area contributed by atoms with Crippen LogP contribution in [0.2, 0.25) is 0 Å². The molecule has 0 spiro atoms. The Morgan fingerprint density at radius 1 is 1.28 bits per heavy atom. The number of ether oxygens (including phenoxy) is 1. The first-order chi connectivity index (χ1) is 8.63. The Labute approximate surface area is 103 Å². The van der Waals surface area contributed by atoms with E-state index in [2.05, 4.69) is 4.74 Å². The van der Waals surface area contributed by atoms with Crippen LogP contribution in [0, 0.1) is 0 Å². The van der Waals surface area contributed by atoms with Gasteiger partial charge in [0.25, 0.3) is 5.56 Å². The van der Waals surface area contributed by atoms with Crippen molar-refractivity contribution in [3.8, 4) is 11.4 Å². The third-order valence-electron chi connectivity index (χ3n) is 2.47. The highest BCUT2D eigenvalue weighted by Gasteiger charge is 2.14. The van der Waals surface area contributed by atoms with E-state index in [1.807, 2.05) is 6.07 Å². The zero-order chi connectivity index (χ0) is 13.1. The lowest BCUT2D eigenvalue weighted by Crippen LogP contribution is -2.19. The fraction of sp³-hybridized carbons (Fsp3) is 0.0769. The zero-order valence-electron chi connectivity index (χ0n) is 9.66. The number of esters is 1. The maximum Gasteiger partial charge on any atom is 0.343 e. The molecule has 1 N–H and O–H groups in total. The Morgan fingerprint density at radius 3 is 2.56 bits per heavy atom. The predicted molar refractivity (Wildman–Crippen MR) is 65.0 cm³/mol. The van der Waals surface area contributed by atoms with E-state index in [4.69, 9.17) is 0 Å². The molecule has 1 heterocycles. The van der Waals surface area contributed by atoms with Crippen molar-refractivity contribution in [1.82, 2.24) is 4.57 Å². The summed E-state index contributed by atoms with van der Waals surface area (Å²) in [4.78, 5) is 23.2. The van der Waals surface area contributed by atoms with Crippen molar-refractivity contribution in [1.29, 1.82) is 0 Å². The molecule has 0 amide bonds. The molecular weight excluding hydrogens is 234 g/mol. The molecule has 0 fully saturated rings. The van der Waals surface area contributed by atoms with E-state index in [1.165, 1.54) is 17.9 Å². The molecule has 0 atom stereocenters. The number of para-hydroxylation sites is 1. The Balaban J connectivity index is 2.63. The first kappa shape index (κ1) is 11.9. The van der Waals surface area contributed by atoms with E-state index in [1.54, 1.807) is 24.3 Å². The summed E-state index contributed by atoms with van der Waals surface area (Å²) >= 11 is 0. The average molecular weight is 245 g/mol. The van der Waals surface area contributed by atoms with E-state index in [0.29, 0.717) is 5.69 Å². The number of pyridine rings is 1. The van der Waals surface area contributed by atoms with Gasteiger partial charge in [-0.15, -0.1) is 0 Å². The summed E-state index contributed by atoms with van der Waals surface area (Å²) in [6, 6.07) is 9.79. The largest absolute Gasteiger partial charge is 0.507 e. The van der Waals surface area contributed by atoms with Crippen molar-refractivity contribution in [3.63, 3.8) is 0 Å². The van der Waals surface area contributed by atoms with Crippen LogP contribution >= 0.6 is 0 Å². The molecule has 2 aromatic rings. The molecule has 2 rings (SSSR count). The number of nitrogens with zero attached hydrogens (tertiary/aromatic N) is 1. The normalized spacial score (nSPS) is 10.1. The van der Waals surface area contributed by atoms with E-state index in [0.717, 1.165) is 6.07 Å². The quantitative estimate of drug-likeness (QED) is 0.810. The predicted octanol–water partition coefficient (Wildman–Crippen LogP) is 1.33. The summed E-state index contributed by atoms with van der Waals surface area (Å²) in [6.07, 6.45) is 1.26. The molecule has 0 aliphatic rings. The molecule has 18 heavy (non-hydrogen) atoms. The van der Waals surface area contributed by atoms with Crippen LogP contribution in [0.4, 0.5) is 0 Å². The molecule has 1 aromatic carbocycles. The van der Waals surface area contributed by atoms with Crippen LogP contribution in [0.1, 0.15) is 10.4 Å². The lowest BCUT2D eigenvalue weighted by molar-refractivity contribution is 0.0596. The second-order valence-corrected chi connectivity index (χ2v) is 3.61. The van der Waals surface area contributed by atoms with E-state index in [-0.39, 0.29) is 11.3 Å². The molecule has 0 unspecified atom stereocenters.